The number of carbonyl (C=O) groups is 1. The zero-order valence-electron chi connectivity index (χ0n) is 14.6. The SMILES string of the molecule is CC(C)N(C(=O)COc1ccc([N+](=O)[O-])cc1C(F)(F)F)c1ccccc1. The quantitative estimate of drug-likeness (QED) is 0.547. The molecule has 0 aliphatic rings. The van der Waals surface area contributed by atoms with Crippen LogP contribution in [0.25, 0.3) is 0 Å². The Bertz CT molecular complexity index is 823. The van der Waals surface area contributed by atoms with Crippen LogP contribution in [0.1, 0.15) is 19.4 Å². The van der Waals surface area contributed by atoms with Crippen LogP contribution in [0.5, 0.6) is 5.75 Å². The monoisotopic (exact) mass is 382 g/mol. The Balaban J connectivity index is 2.24. The van der Waals surface area contributed by atoms with Crippen molar-refractivity contribution < 1.29 is 27.6 Å². The summed E-state index contributed by atoms with van der Waals surface area (Å²) in [4.78, 5) is 23.7. The number of nitro groups is 1. The van der Waals surface area contributed by atoms with Crippen LogP contribution in [0, 0.1) is 10.1 Å². The molecule has 144 valence electrons. The molecule has 0 N–H and O–H groups in total. The predicted octanol–water partition coefficient (Wildman–Crippen LogP) is 4.43. The number of benzene rings is 2. The molecule has 0 unspecified atom stereocenters. The van der Waals surface area contributed by atoms with Crippen LogP contribution in [0.15, 0.2) is 48.5 Å². The van der Waals surface area contributed by atoms with Crippen LogP contribution in [-0.2, 0) is 11.0 Å². The van der Waals surface area contributed by atoms with E-state index < -0.39 is 40.6 Å². The molecule has 2 aromatic carbocycles. The minimum absolute atomic E-state index is 0.248. The van der Waals surface area contributed by atoms with Gasteiger partial charge in [-0.3, -0.25) is 14.9 Å². The van der Waals surface area contributed by atoms with Crippen molar-refractivity contribution in [3.8, 4) is 5.75 Å². The van der Waals surface area contributed by atoms with E-state index in [1.54, 1.807) is 44.2 Å². The average Bonchev–Trinajstić information content (AvgIpc) is 2.59. The van der Waals surface area contributed by atoms with E-state index in [1.807, 2.05) is 0 Å². The number of para-hydroxylation sites is 1. The van der Waals surface area contributed by atoms with Crippen molar-refractivity contribution >= 4 is 17.3 Å². The van der Waals surface area contributed by atoms with Gasteiger partial charge >= 0.3 is 6.18 Å². The van der Waals surface area contributed by atoms with Crippen LogP contribution >= 0.6 is 0 Å². The van der Waals surface area contributed by atoms with Gasteiger partial charge in [-0.15, -0.1) is 0 Å². The standard InChI is InChI=1S/C18H17F3N2O4/c1-12(2)22(13-6-4-3-5-7-13)17(24)11-27-16-9-8-14(23(25)26)10-15(16)18(19,20)21/h3-10,12H,11H2,1-2H3. The molecule has 0 radical (unpaired) electrons. The maximum atomic E-state index is 13.2. The van der Waals surface area contributed by atoms with Crippen LogP contribution in [0.2, 0.25) is 0 Å². The molecule has 6 nitrogen and oxygen atoms in total. The van der Waals surface area contributed by atoms with Gasteiger partial charge in [0.2, 0.25) is 0 Å². The summed E-state index contributed by atoms with van der Waals surface area (Å²) in [6, 6.07) is 10.5. The summed E-state index contributed by atoms with van der Waals surface area (Å²) in [5.74, 6) is -1.18. The zero-order valence-corrected chi connectivity index (χ0v) is 14.6. The zero-order chi connectivity index (χ0) is 20.2. The fourth-order valence-electron chi connectivity index (χ4n) is 2.51. The number of non-ortho nitro benzene ring substituents is 1. The molecule has 2 aromatic rings. The summed E-state index contributed by atoms with van der Waals surface area (Å²) >= 11 is 0. The Labute approximate surface area is 153 Å². The van der Waals surface area contributed by atoms with Gasteiger partial charge in [0, 0.05) is 23.9 Å². The van der Waals surface area contributed by atoms with E-state index in [0.717, 1.165) is 12.1 Å². The summed E-state index contributed by atoms with van der Waals surface area (Å²) < 4.78 is 44.6. The van der Waals surface area contributed by atoms with Crippen LogP contribution < -0.4 is 9.64 Å². The number of carbonyl (C=O) groups excluding carboxylic acids is 1. The highest BCUT2D eigenvalue weighted by Gasteiger charge is 2.36. The first kappa shape index (κ1) is 20.2. The van der Waals surface area contributed by atoms with Crippen molar-refractivity contribution in [2.75, 3.05) is 11.5 Å². The van der Waals surface area contributed by atoms with E-state index in [1.165, 1.54) is 4.90 Å². The summed E-state index contributed by atoms with van der Waals surface area (Å²) in [6.07, 6.45) is -4.86. The highest BCUT2D eigenvalue weighted by molar-refractivity contribution is 5.94. The molecule has 0 saturated heterocycles. The molecular formula is C18H17F3N2O4. The number of hydrogen-bond acceptors (Lipinski definition) is 4. The average molecular weight is 382 g/mol. The van der Waals surface area contributed by atoms with Crippen molar-refractivity contribution in [2.24, 2.45) is 0 Å². The molecule has 0 fully saturated rings. The first-order valence-corrected chi connectivity index (χ1v) is 7.97. The van der Waals surface area contributed by atoms with E-state index in [2.05, 4.69) is 0 Å². The lowest BCUT2D eigenvalue weighted by Gasteiger charge is -2.27. The third kappa shape index (κ3) is 4.96. The number of amides is 1. The fraction of sp³-hybridized carbons (Fsp3) is 0.278. The van der Waals surface area contributed by atoms with Crippen LogP contribution in [-0.4, -0.2) is 23.5 Å². The molecule has 0 heterocycles. The van der Waals surface area contributed by atoms with Gasteiger partial charge in [0.05, 0.1) is 4.92 Å². The summed E-state index contributed by atoms with van der Waals surface area (Å²) in [5.41, 5.74) is -1.43. The molecule has 0 aromatic heterocycles. The lowest BCUT2D eigenvalue weighted by molar-refractivity contribution is -0.385. The van der Waals surface area contributed by atoms with E-state index in [0.29, 0.717) is 11.8 Å². The van der Waals surface area contributed by atoms with Crippen LogP contribution in [0.4, 0.5) is 24.5 Å². The van der Waals surface area contributed by atoms with Crippen molar-refractivity contribution in [3.05, 3.63) is 64.2 Å². The number of nitro benzene ring substituents is 1. The molecule has 0 saturated carbocycles. The van der Waals surface area contributed by atoms with Gasteiger partial charge in [-0.05, 0) is 32.0 Å². The Morgan fingerprint density at radius 3 is 2.33 bits per heavy atom. The highest BCUT2D eigenvalue weighted by atomic mass is 19.4. The smallest absolute Gasteiger partial charge is 0.420 e. The van der Waals surface area contributed by atoms with Gasteiger partial charge < -0.3 is 9.64 Å². The van der Waals surface area contributed by atoms with Crippen molar-refractivity contribution in [3.63, 3.8) is 0 Å². The van der Waals surface area contributed by atoms with Gasteiger partial charge in [0.25, 0.3) is 11.6 Å². The molecular weight excluding hydrogens is 365 g/mol. The number of rotatable bonds is 6. The number of anilines is 1. The Morgan fingerprint density at radius 2 is 1.81 bits per heavy atom. The number of alkyl halides is 3. The molecule has 9 heteroatoms. The van der Waals surface area contributed by atoms with E-state index in [9.17, 15) is 28.1 Å². The number of nitrogens with zero attached hydrogens (tertiary/aromatic N) is 2. The maximum absolute atomic E-state index is 13.2. The second-order valence-corrected chi connectivity index (χ2v) is 5.92. The highest BCUT2D eigenvalue weighted by Crippen LogP contribution is 2.38. The first-order chi connectivity index (χ1) is 12.6. The molecule has 27 heavy (non-hydrogen) atoms. The molecule has 0 bridgehead atoms. The lowest BCUT2D eigenvalue weighted by atomic mass is 10.1. The second kappa shape index (κ2) is 8.07. The van der Waals surface area contributed by atoms with E-state index in [4.69, 9.17) is 4.74 Å². The maximum Gasteiger partial charge on any atom is 0.420 e. The summed E-state index contributed by atoms with van der Waals surface area (Å²) in [7, 11) is 0. The third-order valence-corrected chi connectivity index (χ3v) is 3.65. The van der Waals surface area contributed by atoms with Gasteiger partial charge in [-0.25, -0.2) is 0 Å². The Hall–Kier alpha value is -3.10. The molecule has 2 rings (SSSR count). The Kier molecular flexibility index (Phi) is 6.04. The minimum Gasteiger partial charge on any atom is -0.483 e. The minimum atomic E-state index is -4.86. The third-order valence-electron chi connectivity index (χ3n) is 3.65. The van der Waals surface area contributed by atoms with Crippen molar-refractivity contribution in [1.82, 2.24) is 0 Å². The number of hydrogen-bond donors (Lipinski definition) is 0. The molecule has 0 aliphatic heterocycles. The molecule has 0 atom stereocenters. The topological polar surface area (TPSA) is 72.7 Å². The largest absolute Gasteiger partial charge is 0.483 e. The van der Waals surface area contributed by atoms with Gasteiger partial charge in [0.1, 0.15) is 11.3 Å². The number of halogens is 3. The lowest BCUT2D eigenvalue weighted by Crippen LogP contribution is -2.40. The molecule has 0 spiro atoms. The predicted molar refractivity (Wildman–Crippen MR) is 92.7 cm³/mol. The number of ether oxygens (including phenoxy) is 1. The van der Waals surface area contributed by atoms with Gasteiger partial charge in [0.15, 0.2) is 6.61 Å². The fourth-order valence-corrected chi connectivity index (χ4v) is 2.51. The molecule has 0 aliphatic carbocycles. The summed E-state index contributed by atoms with van der Waals surface area (Å²) in [6.45, 7) is 2.88. The van der Waals surface area contributed by atoms with Gasteiger partial charge in [-0.1, -0.05) is 18.2 Å². The normalized spacial score (nSPS) is 11.3. The Morgan fingerprint density at radius 1 is 1.19 bits per heavy atom. The van der Waals surface area contributed by atoms with Gasteiger partial charge in [-0.2, -0.15) is 13.2 Å². The summed E-state index contributed by atoms with van der Waals surface area (Å²) in [5, 5.41) is 10.7. The van der Waals surface area contributed by atoms with E-state index >= 15 is 0 Å². The van der Waals surface area contributed by atoms with Crippen molar-refractivity contribution in [2.45, 2.75) is 26.1 Å². The van der Waals surface area contributed by atoms with Crippen molar-refractivity contribution in [1.29, 1.82) is 0 Å². The van der Waals surface area contributed by atoms with Crippen LogP contribution in [0.3, 0.4) is 0 Å². The first-order valence-electron chi connectivity index (χ1n) is 7.97. The molecule has 1 amide bonds. The van der Waals surface area contributed by atoms with E-state index in [-0.39, 0.29) is 6.04 Å². The second-order valence-electron chi connectivity index (χ2n) is 5.92.